The van der Waals surface area contributed by atoms with Crippen LogP contribution in [0.2, 0.25) is 0 Å². The summed E-state index contributed by atoms with van der Waals surface area (Å²) in [5.74, 6) is -0.902. The van der Waals surface area contributed by atoms with Crippen LogP contribution in [0.5, 0.6) is 11.6 Å². The van der Waals surface area contributed by atoms with Crippen LogP contribution in [-0.2, 0) is 0 Å². The summed E-state index contributed by atoms with van der Waals surface area (Å²) >= 11 is 0. The smallest absolute Gasteiger partial charge is 0.494 e. The maximum Gasteiger partial charge on any atom is 0.574 e. The van der Waals surface area contributed by atoms with Gasteiger partial charge in [0, 0.05) is 6.07 Å². The Morgan fingerprint density at radius 1 is 1.50 bits per heavy atom. The third-order valence-corrected chi connectivity index (χ3v) is 1.54. The van der Waals surface area contributed by atoms with Gasteiger partial charge in [-0.2, -0.15) is 10.2 Å². The Balaban J connectivity index is 3.19. The molecule has 0 atom stereocenters. The summed E-state index contributed by atoms with van der Waals surface area (Å²) in [5, 5.41) is 8.58. The Hall–Kier alpha value is -2.17. The Kier molecular flexibility index (Phi) is 3.08. The molecule has 0 saturated heterocycles. The average Bonchev–Trinajstić information content (AvgIpc) is 2.18. The molecule has 2 N–H and O–H groups in total. The molecule has 1 heterocycles. The van der Waals surface area contributed by atoms with Crippen molar-refractivity contribution in [2.45, 2.75) is 6.36 Å². The van der Waals surface area contributed by atoms with Gasteiger partial charge in [0.25, 0.3) is 0 Å². The number of methoxy groups -OCH3 is 1. The highest BCUT2D eigenvalue weighted by Gasteiger charge is 2.32. The van der Waals surface area contributed by atoms with E-state index in [-0.39, 0.29) is 11.4 Å². The molecule has 0 aliphatic carbocycles. The van der Waals surface area contributed by atoms with Gasteiger partial charge in [-0.05, 0) is 0 Å². The van der Waals surface area contributed by atoms with E-state index in [1.54, 1.807) is 0 Å². The summed E-state index contributed by atoms with van der Waals surface area (Å²) in [4.78, 5) is 3.28. The summed E-state index contributed by atoms with van der Waals surface area (Å²) in [5.41, 5.74) is 4.86. The zero-order valence-electron chi connectivity index (χ0n) is 8.00. The van der Waals surface area contributed by atoms with E-state index in [0.717, 1.165) is 6.07 Å². The molecule has 0 radical (unpaired) electrons. The number of pyridine rings is 1. The number of hydrogen-bond acceptors (Lipinski definition) is 5. The molecule has 1 aromatic heterocycles. The molecule has 86 valence electrons. The molecule has 0 aromatic carbocycles. The van der Waals surface area contributed by atoms with E-state index >= 15 is 0 Å². The number of nitrogens with two attached hydrogens (primary N) is 1. The second kappa shape index (κ2) is 4.14. The summed E-state index contributed by atoms with van der Waals surface area (Å²) in [7, 11) is 1.20. The fraction of sp³-hybridized carbons (Fsp3) is 0.250. The number of rotatable bonds is 2. The molecule has 5 nitrogen and oxygen atoms in total. The number of nitrogens with zero attached hydrogens (tertiary/aromatic N) is 2. The number of nitrogen functional groups attached to an aromatic ring is 1. The van der Waals surface area contributed by atoms with Crippen molar-refractivity contribution in [2.75, 3.05) is 12.8 Å². The zero-order valence-corrected chi connectivity index (χ0v) is 8.00. The van der Waals surface area contributed by atoms with Gasteiger partial charge in [-0.3, -0.25) is 0 Å². The quantitative estimate of drug-likeness (QED) is 0.835. The third-order valence-electron chi connectivity index (χ3n) is 1.54. The first-order chi connectivity index (χ1) is 7.37. The van der Waals surface area contributed by atoms with Crippen LogP contribution >= 0.6 is 0 Å². The summed E-state index contributed by atoms with van der Waals surface area (Å²) in [6.07, 6.45) is -4.89. The van der Waals surface area contributed by atoms with Gasteiger partial charge in [0.15, 0.2) is 5.69 Å². The predicted molar refractivity (Wildman–Crippen MR) is 46.6 cm³/mol. The molecule has 0 spiro atoms. The lowest BCUT2D eigenvalue weighted by molar-refractivity contribution is -0.276. The summed E-state index contributed by atoms with van der Waals surface area (Å²) in [6.45, 7) is 0. The fourth-order valence-electron chi connectivity index (χ4n) is 0.934. The van der Waals surface area contributed by atoms with Crippen molar-refractivity contribution in [1.82, 2.24) is 4.98 Å². The maximum absolute atomic E-state index is 11.9. The highest BCUT2D eigenvalue weighted by Crippen LogP contribution is 2.30. The Morgan fingerprint density at radius 2 is 2.12 bits per heavy atom. The second-order valence-electron chi connectivity index (χ2n) is 2.58. The molecule has 0 saturated carbocycles. The average molecular weight is 233 g/mol. The van der Waals surface area contributed by atoms with Crippen LogP contribution in [0.1, 0.15) is 5.69 Å². The second-order valence-corrected chi connectivity index (χ2v) is 2.58. The van der Waals surface area contributed by atoms with Crippen LogP contribution in [0.3, 0.4) is 0 Å². The molecule has 0 amide bonds. The largest absolute Gasteiger partial charge is 0.574 e. The van der Waals surface area contributed by atoms with Gasteiger partial charge in [0.2, 0.25) is 5.88 Å². The standard InChI is InChI=1S/C8H6F3N3O2/c1-15-5-2-6(16-8(9,10)11)14-4(3-12)7(5)13/h2H,13H2,1H3. The number of aromatic nitrogens is 1. The molecule has 0 aliphatic heterocycles. The van der Waals surface area contributed by atoms with E-state index in [9.17, 15) is 13.2 Å². The monoisotopic (exact) mass is 233 g/mol. The van der Waals surface area contributed by atoms with Crippen LogP contribution < -0.4 is 15.2 Å². The highest BCUT2D eigenvalue weighted by molar-refractivity contribution is 5.61. The lowest BCUT2D eigenvalue weighted by Gasteiger charge is -2.11. The van der Waals surface area contributed by atoms with E-state index in [0.29, 0.717) is 0 Å². The van der Waals surface area contributed by atoms with Crippen molar-refractivity contribution < 1.29 is 22.6 Å². The van der Waals surface area contributed by atoms with Crippen molar-refractivity contribution in [3.8, 4) is 17.7 Å². The van der Waals surface area contributed by atoms with Crippen LogP contribution in [0.25, 0.3) is 0 Å². The molecule has 8 heteroatoms. The molecule has 1 rings (SSSR count). The first-order valence-corrected chi connectivity index (χ1v) is 3.87. The van der Waals surface area contributed by atoms with Gasteiger partial charge in [0.05, 0.1) is 7.11 Å². The third kappa shape index (κ3) is 2.66. The topological polar surface area (TPSA) is 81.2 Å². The molecular weight excluding hydrogens is 227 g/mol. The number of ether oxygens (including phenoxy) is 2. The molecule has 16 heavy (non-hydrogen) atoms. The van der Waals surface area contributed by atoms with Crippen LogP contribution in [0.4, 0.5) is 18.9 Å². The van der Waals surface area contributed by atoms with Crippen LogP contribution in [-0.4, -0.2) is 18.5 Å². The van der Waals surface area contributed by atoms with Gasteiger partial charge >= 0.3 is 6.36 Å². The van der Waals surface area contributed by atoms with Crippen molar-refractivity contribution in [1.29, 1.82) is 5.26 Å². The fourth-order valence-corrected chi connectivity index (χ4v) is 0.934. The van der Waals surface area contributed by atoms with Crippen molar-refractivity contribution in [3.05, 3.63) is 11.8 Å². The zero-order chi connectivity index (χ0) is 12.3. The number of nitriles is 1. The molecule has 0 bridgehead atoms. The number of alkyl halides is 3. The highest BCUT2D eigenvalue weighted by atomic mass is 19.4. The van der Waals surface area contributed by atoms with Gasteiger partial charge in [-0.1, -0.05) is 0 Å². The number of anilines is 1. The minimum Gasteiger partial charge on any atom is -0.494 e. The van der Waals surface area contributed by atoms with E-state index in [1.165, 1.54) is 13.2 Å². The lowest BCUT2D eigenvalue weighted by Crippen LogP contribution is -2.18. The van der Waals surface area contributed by atoms with Gasteiger partial charge < -0.3 is 15.2 Å². The minimum atomic E-state index is -4.89. The van der Waals surface area contributed by atoms with Gasteiger partial charge in [0.1, 0.15) is 17.5 Å². The van der Waals surface area contributed by atoms with E-state index < -0.39 is 17.9 Å². The molecule has 0 unspecified atom stereocenters. The molecular formula is C8H6F3N3O2. The Morgan fingerprint density at radius 3 is 2.56 bits per heavy atom. The van der Waals surface area contributed by atoms with Crippen LogP contribution in [0.15, 0.2) is 6.07 Å². The summed E-state index contributed by atoms with van der Waals surface area (Å²) < 4.78 is 43.9. The van der Waals surface area contributed by atoms with Crippen molar-refractivity contribution in [3.63, 3.8) is 0 Å². The first-order valence-electron chi connectivity index (χ1n) is 3.87. The molecule has 0 aliphatic rings. The SMILES string of the molecule is COc1cc(OC(F)(F)F)nc(C#N)c1N. The molecule has 0 fully saturated rings. The van der Waals surface area contributed by atoms with E-state index in [1.807, 2.05) is 0 Å². The van der Waals surface area contributed by atoms with Gasteiger partial charge in [-0.25, -0.2) is 0 Å². The normalized spacial score (nSPS) is 10.7. The van der Waals surface area contributed by atoms with E-state index in [2.05, 4.69) is 14.5 Å². The van der Waals surface area contributed by atoms with Gasteiger partial charge in [-0.15, -0.1) is 13.2 Å². The number of hydrogen-bond donors (Lipinski definition) is 1. The maximum atomic E-state index is 11.9. The predicted octanol–water partition coefficient (Wildman–Crippen LogP) is 1.44. The minimum absolute atomic E-state index is 0.106. The van der Waals surface area contributed by atoms with Crippen LogP contribution in [0, 0.1) is 11.3 Å². The summed E-state index contributed by atoms with van der Waals surface area (Å²) in [6, 6.07) is 2.38. The van der Waals surface area contributed by atoms with Crippen molar-refractivity contribution >= 4 is 5.69 Å². The molecule has 1 aromatic rings. The number of halogens is 3. The lowest BCUT2D eigenvalue weighted by atomic mass is 10.3. The van der Waals surface area contributed by atoms with Crippen molar-refractivity contribution in [2.24, 2.45) is 0 Å². The van der Waals surface area contributed by atoms with E-state index in [4.69, 9.17) is 11.0 Å². The Labute approximate surface area is 88.2 Å². The first kappa shape index (κ1) is 11.9. The Bertz CT molecular complexity index is 439.